The van der Waals surface area contributed by atoms with Crippen LogP contribution in [-0.2, 0) is 16.0 Å². The van der Waals surface area contributed by atoms with Crippen molar-refractivity contribution in [3.63, 3.8) is 0 Å². The highest BCUT2D eigenvalue weighted by molar-refractivity contribution is 7.80. The van der Waals surface area contributed by atoms with Crippen LogP contribution in [0, 0.1) is 13.8 Å². The van der Waals surface area contributed by atoms with Crippen LogP contribution in [0.3, 0.4) is 0 Å². The Morgan fingerprint density at radius 1 is 1.33 bits per heavy atom. The number of thiocarbonyl (C=S) groups is 1. The average molecular weight is 432 g/mol. The first-order valence-electron chi connectivity index (χ1n) is 10.8. The molecule has 2 heterocycles. The Hall–Kier alpha value is -1.96. The van der Waals surface area contributed by atoms with Gasteiger partial charge in [0.05, 0.1) is 12.6 Å². The van der Waals surface area contributed by atoms with Gasteiger partial charge in [-0.15, -0.1) is 0 Å². The van der Waals surface area contributed by atoms with Gasteiger partial charge in [0.1, 0.15) is 0 Å². The van der Waals surface area contributed by atoms with Crippen molar-refractivity contribution in [3.05, 3.63) is 45.2 Å². The van der Waals surface area contributed by atoms with Crippen molar-refractivity contribution in [2.24, 2.45) is 0 Å². The topological polar surface area (TPSA) is 66.6 Å². The molecule has 1 fully saturated rings. The molecule has 1 aliphatic rings. The molecule has 0 spiro atoms. The minimum atomic E-state index is -0.0674. The summed E-state index contributed by atoms with van der Waals surface area (Å²) in [5.41, 5.74) is 3.89. The van der Waals surface area contributed by atoms with E-state index >= 15 is 0 Å². The van der Waals surface area contributed by atoms with Gasteiger partial charge in [-0.1, -0.05) is 0 Å². The third-order valence-electron chi connectivity index (χ3n) is 5.58. The van der Waals surface area contributed by atoms with Gasteiger partial charge in [0.15, 0.2) is 5.11 Å². The van der Waals surface area contributed by atoms with E-state index < -0.39 is 0 Å². The number of aromatic amines is 1. The van der Waals surface area contributed by atoms with E-state index in [1.54, 1.807) is 0 Å². The number of nitrogens with zero attached hydrogens (tertiary/aromatic N) is 1. The van der Waals surface area contributed by atoms with Crippen molar-refractivity contribution < 1.29 is 9.47 Å². The molecule has 30 heavy (non-hydrogen) atoms. The van der Waals surface area contributed by atoms with Gasteiger partial charge < -0.3 is 24.7 Å². The first-order valence-corrected chi connectivity index (χ1v) is 11.2. The molecule has 7 heteroatoms. The van der Waals surface area contributed by atoms with E-state index in [0.717, 1.165) is 49.9 Å². The van der Waals surface area contributed by atoms with Crippen molar-refractivity contribution in [2.75, 3.05) is 32.9 Å². The molecular formula is C23H33N3O3S. The number of pyridine rings is 1. The van der Waals surface area contributed by atoms with Crippen LogP contribution in [0.4, 0.5) is 0 Å². The van der Waals surface area contributed by atoms with Crippen LogP contribution in [-0.4, -0.2) is 54.0 Å². The predicted molar refractivity (Wildman–Crippen MR) is 125 cm³/mol. The lowest BCUT2D eigenvalue weighted by molar-refractivity contribution is 0.0896. The zero-order valence-corrected chi connectivity index (χ0v) is 19.1. The maximum atomic E-state index is 12.8. The lowest BCUT2D eigenvalue weighted by atomic mass is 10.0. The molecule has 1 aliphatic heterocycles. The Bertz CT molecular complexity index is 922. The molecule has 6 nitrogen and oxygen atoms in total. The highest BCUT2D eigenvalue weighted by atomic mass is 32.1. The second-order valence-electron chi connectivity index (χ2n) is 7.95. The summed E-state index contributed by atoms with van der Waals surface area (Å²) in [5, 5.41) is 5.01. The van der Waals surface area contributed by atoms with Crippen molar-refractivity contribution in [3.8, 4) is 0 Å². The molecule has 1 aromatic heterocycles. The van der Waals surface area contributed by atoms with Crippen LogP contribution in [0.15, 0.2) is 23.0 Å². The third kappa shape index (κ3) is 6.03. The van der Waals surface area contributed by atoms with Gasteiger partial charge in [-0.05, 0) is 87.0 Å². The second kappa shape index (κ2) is 10.9. The molecule has 2 aromatic rings. The molecule has 2 N–H and O–H groups in total. The molecule has 0 bridgehead atoms. The quantitative estimate of drug-likeness (QED) is 0.468. The van der Waals surface area contributed by atoms with Crippen LogP contribution >= 0.6 is 12.2 Å². The minimum absolute atomic E-state index is 0.0674. The molecule has 1 aromatic carbocycles. The van der Waals surface area contributed by atoms with Crippen LogP contribution in [0.5, 0.6) is 0 Å². The second-order valence-corrected chi connectivity index (χ2v) is 8.33. The van der Waals surface area contributed by atoms with E-state index in [9.17, 15) is 4.79 Å². The van der Waals surface area contributed by atoms with Gasteiger partial charge in [0.25, 0.3) is 5.56 Å². The number of aromatic nitrogens is 1. The number of H-pyrrole nitrogens is 1. The van der Waals surface area contributed by atoms with Gasteiger partial charge in [-0.3, -0.25) is 4.79 Å². The lowest BCUT2D eigenvalue weighted by Crippen LogP contribution is -2.44. The van der Waals surface area contributed by atoms with Crippen LogP contribution < -0.4 is 10.9 Å². The fourth-order valence-electron chi connectivity index (χ4n) is 3.72. The Labute approximate surface area is 183 Å². The van der Waals surface area contributed by atoms with Gasteiger partial charge in [0, 0.05) is 44.0 Å². The summed E-state index contributed by atoms with van der Waals surface area (Å²) in [7, 11) is 0. The SMILES string of the molecule is CCOCCCNC(=S)N(Cc1cc2cc(C)c(C)cc2[nH]c1=O)C[C@@H]1CCCO1. The largest absolute Gasteiger partial charge is 0.382 e. The predicted octanol–water partition coefficient (Wildman–Crippen LogP) is 3.43. The van der Waals surface area contributed by atoms with Crippen LogP contribution in [0.2, 0.25) is 0 Å². The molecule has 0 aliphatic carbocycles. The van der Waals surface area contributed by atoms with Gasteiger partial charge in [-0.25, -0.2) is 0 Å². The number of nitrogens with one attached hydrogen (secondary N) is 2. The molecule has 0 saturated carbocycles. The first kappa shape index (κ1) is 22.7. The zero-order valence-electron chi connectivity index (χ0n) is 18.3. The third-order valence-corrected chi connectivity index (χ3v) is 5.98. The van der Waals surface area contributed by atoms with Gasteiger partial charge in [0.2, 0.25) is 0 Å². The number of aryl methyl sites for hydroxylation is 2. The summed E-state index contributed by atoms with van der Waals surface area (Å²) >= 11 is 5.67. The first-order chi connectivity index (χ1) is 14.5. The molecule has 1 atom stereocenters. The molecule has 3 rings (SSSR count). The molecule has 164 valence electrons. The van der Waals surface area contributed by atoms with Gasteiger partial charge >= 0.3 is 0 Å². The lowest BCUT2D eigenvalue weighted by Gasteiger charge is -2.28. The van der Waals surface area contributed by atoms with Crippen molar-refractivity contribution >= 4 is 28.2 Å². The fourth-order valence-corrected chi connectivity index (χ4v) is 3.97. The van der Waals surface area contributed by atoms with E-state index in [1.165, 1.54) is 11.1 Å². The zero-order chi connectivity index (χ0) is 21.5. The number of rotatable bonds is 9. The maximum Gasteiger partial charge on any atom is 0.253 e. The summed E-state index contributed by atoms with van der Waals surface area (Å²) in [5.74, 6) is 0. The highest BCUT2D eigenvalue weighted by Crippen LogP contribution is 2.19. The van der Waals surface area contributed by atoms with Crippen molar-refractivity contribution in [2.45, 2.75) is 52.7 Å². The summed E-state index contributed by atoms with van der Waals surface area (Å²) in [6, 6.07) is 6.14. The highest BCUT2D eigenvalue weighted by Gasteiger charge is 2.22. The molecule has 0 radical (unpaired) electrons. The molecule has 0 unspecified atom stereocenters. The number of hydrogen-bond acceptors (Lipinski definition) is 4. The van der Waals surface area contributed by atoms with E-state index in [4.69, 9.17) is 21.7 Å². The molecule has 1 saturated heterocycles. The number of benzene rings is 1. The maximum absolute atomic E-state index is 12.8. The molecular weight excluding hydrogens is 398 g/mol. The Balaban J connectivity index is 1.75. The monoisotopic (exact) mass is 431 g/mol. The summed E-state index contributed by atoms with van der Waals surface area (Å²) in [4.78, 5) is 17.9. The van der Waals surface area contributed by atoms with E-state index in [2.05, 4.69) is 35.1 Å². The smallest absolute Gasteiger partial charge is 0.253 e. The van der Waals surface area contributed by atoms with E-state index in [-0.39, 0.29) is 11.7 Å². The Kier molecular flexibility index (Phi) is 8.24. The number of fused-ring (bicyclic) bond motifs is 1. The summed E-state index contributed by atoms with van der Waals surface area (Å²) in [6.07, 6.45) is 3.13. The molecule has 0 amide bonds. The minimum Gasteiger partial charge on any atom is -0.382 e. The van der Waals surface area contributed by atoms with Crippen molar-refractivity contribution in [1.82, 2.24) is 15.2 Å². The normalized spacial score (nSPS) is 16.2. The van der Waals surface area contributed by atoms with Gasteiger partial charge in [-0.2, -0.15) is 0 Å². The van der Waals surface area contributed by atoms with E-state index in [0.29, 0.717) is 30.4 Å². The summed E-state index contributed by atoms with van der Waals surface area (Å²) < 4.78 is 11.2. The number of hydrogen-bond donors (Lipinski definition) is 2. The fraction of sp³-hybridized carbons (Fsp3) is 0.565. The van der Waals surface area contributed by atoms with E-state index in [1.807, 2.05) is 19.1 Å². The Morgan fingerprint density at radius 3 is 2.87 bits per heavy atom. The average Bonchev–Trinajstić information content (AvgIpc) is 3.22. The van der Waals surface area contributed by atoms with Crippen molar-refractivity contribution in [1.29, 1.82) is 0 Å². The number of ether oxygens (including phenoxy) is 2. The standard InChI is InChI=1S/C23H33N3O3S/c1-4-28-9-6-8-24-23(30)26(15-20-7-5-10-29-20)14-19-13-18-11-16(2)17(3)12-21(18)25-22(19)27/h11-13,20H,4-10,14-15H2,1-3H3,(H,24,30)(H,25,27)/t20-/m0/s1. The summed E-state index contributed by atoms with van der Waals surface area (Å²) in [6.45, 7) is 10.2. The van der Waals surface area contributed by atoms with Crippen LogP contribution in [0.1, 0.15) is 42.9 Å². The Morgan fingerprint density at radius 2 is 2.13 bits per heavy atom. The van der Waals surface area contributed by atoms with Crippen LogP contribution in [0.25, 0.3) is 10.9 Å².